The topological polar surface area (TPSA) is 293 Å². The van der Waals surface area contributed by atoms with Gasteiger partial charge in [-0.25, -0.2) is 0 Å². The van der Waals surface area contributed by atoms with E-state index < -0.39 is 143 Å². The molecule has 0 saturated heterocycles. The molecule has 0 aliphatic carbocycles. The standard InChI is InChI=1S/C43H59B14N9O10S2/c1-25(2)17-30(40(73)61-23-37(70)77(52-44,53-45)56(48)49)65-42(75)32(19-27-11-7-5-8-12-27)63-35(68)21-59-34(67)16-15-29(58)39(72)60-22-36(69)64-33(20-28-13-9-6-10-14-28)43(76)66-31(18-26(3)4)41(74)62-24-38(71)78(54-46,55-47)57(50)51/h5-14,25-26,29-33H,15-24,58H2,1-4H3,(H,59,67)(H,60,72)(H,61,73)(H,62,74)(H,63,68)(H,64,69)(H,65,75)(H,66,76). The number of hydrogen-bond donors (Lipinski definition) is 9. The second kappa shape index (κ2) is 35.0. The Morgan fingerprint density at radius 3 is 1.15 bits per heavy atom. The van der Waals surface area contributed by atoms with E-state index in [9.17, 15) is 47.9 Å². The molecule has 0 fully saturated rings. The quantitative estimate of drug-likeness (QED) is 0.0333. The fourth-order valence-electron chi connectivity index (χ4n) is 7.42. The minimum absolute atomic E-state index is 0.0109. The molecule has 10 N–H and O–H groups in total. The van der Waals surface area contributed by atoms with Crippen LogP contribution in [0, 0.1) is 11.8 Å². The van der Waals surface area contributed by atoms with Gasteiger partial charge in [0.15, 0.2) is 0 Å². The maximum atomic E-state index is 13.8. The molecule has 0 heterocycles. The Balaban J connectivity index is 2.07. The summed E-state index contributed by atoms with van der Waals surface area (Å²) in [4.78, 5) is 133. The van der Waals surface area contributed by atoms with Gasteiger partial charge in [-0.05, 0) is 6.42 Å². The van der Waals surface area contributed by atoms with Crippen LogP contribution in [-0.2, 0) is 60.8 Å². The monoisotopic (exact) mass is 1080 g/mol. The van der Waals surface area contributed by atoms with Gasteiger partial charge in [-0.15, -0.1) is 0 Å². The summed E-state index contributed by atoms with van der Waals surface area (Å²) in [5.74, 6) is -8.64. The van der Waals surface area contributed by atoms with Crippen molar-refractivity contribution in [3.63, 3.8) is 0 Å². The molecule has 35 heteroatoms. The van der Waals surface area contributed by atoms with Crippen LogP contribution in [0.1, 0.15) is 64.5 Å². The van der Waals surface area contributed by atoms with Gasteiger partial charge in [0, 0.05) is 6.42 Å². The summed E-state index contributed by atoms with van der Waals surface area (Å²) >= 11 is 0. The molecule has 0 aromatic heterocycles. The van der Waals surface area contributed by atoms with Crippen molar-refractivity contribution in [2.24, 2.45) is 17.6 Å². The van der Waals surface area contributed by atoms with E-state index in [2.05, 4.69) is 42.5 Å². The average Bonchev–Trinajstić information content (AvgIpc) is 3.40. The van der Waals surface area contributed by atoms with Crippen LogP contribution < -0.4 is 48.3 Å². The number of carbonyl (C=O) groups is 10. The third-order valence-corrected chi connectivity index (χ3v) is 17.3. The van der Waals surface area contributed by atoms with Crippen molar-refractivity contribution in [3.05, 3.63) is 71.8 Å². The summed E-state index contributed by atoms with van der Waals surface area (Å²) in [6.45, 7) is 4.94. The van der Waals surface area contributed by atoms with Crippen LogP contribution in [0.5, 0.6) is 0 Å². The predicted molar refractivity (Wildman–Crippen MR) is 322 cm³/mol. The molecule has 2 rings (SSSR count). The van der Waals surface area contributed by atoms with Crippen molar-refractivity contribution in [1.29, 1.82) is 0 Å². The summed E-state index contributed by atoms with van der Waals surface area (Å²) in [5.41, 5.74) is 7.36. The van der Waals surface area contributed by atoms with Gasteiger partial charge in [0.1, 0.15) is 0 Å². The van der Waals surface area contributed by atoms with Crippen molar-refractivity contribution in [2.45, 2.75) is 96.4 Å². The normalized spacial score (nSPS) is 12.9. The summed E-state index contributed by atoms with van der Waals surface area (Å²) < 4.78 is 0. The molecule has 2 aromatic carbocycles. The first kappa shape index (κ1) is 69.2. The summed E-state index contributed by atoms with van der Waals surface area (Å²) in [5, 5.41) is 19.1. The van der Waals surface area contributed by atoms with Gasteiger partial charge < -0.3 is 16.4 Å². The third-order valence-electron chi connectivity index (χ3n) is 11.8. The fourth-order valence-corrected chi connectivity index (χ4v) is 10.2. The number of nitrogens with one attached hydrogen (secondary N) is 8. The van der Waals surface area contributed by atoms with E-state index in [4.69, 9.17) is 67.6 Å². The number of rotatable bonds is 30. The van der Waals surface area contributed by atoms with Crippen molar-refractivity contribution in [1.82, 2.24) is 42.5 Å². The van der Waals surface area contributed by atoms with E-state index in [1.165, 1.54) is 0 Å². The van der Waals surface area contributed by atoms with E-state index in [0.717, 1.165) is 24.2 Å². The van der Waals surface area contributed by atoms with Gasteiger partial charge in [-0.2, -0.15) is 0 Å². The Kier molecular flexibility index (Phi) is 31.0. The average molecular weight is 1080 g/mol. The summed E-state index contributed by atoms with van der Waals surface area (Å²) in [6, 6.07) is 15.3. The summed E-state index contributed by atoms with van der Waals surface area (Å²) in [6.07, 6.45) is -0.301. The van der Waals surface area contributed by atoms with Crippen molar-refractivity contribution < 1.29 is 47.9 Å². The number of carbonyl (C=O) groups excluding carboxylic acids is 10. The summed E-state index contributed by atoms with van der Waals surface area (Å²) in [7, 11) is 40.2. The Labute approximate surface area is 472 Å². The Morgan fingerprint density at radius 2 is 0.821 bits per heavy atom. The molecule has 0 aliphatic rings. The number of amides is 8. The molecule has 2 aromatic rings. The van der Waals surface area contributed by atoms with E-state index >= 15 is 0 Å². The van der Waals surface area contributed by atoms with Gasteiger partial charge in [0.05, 0.1) is 6.04 Å². The minimum atomic E-state index is -2.78. The number of benzene rings is 2. The second-order valence-corrected chi connectivity index (χ2v) is 25.0. The second-order valence-electron chi connectivity index (χ2n) is 18.8. The van der Waals surface area contributed by atoms with Gasteiger partial charge in [-0.1, -0.05) is 36.4 Å². The number of nitrogens with two attached hydrogens (primary N) is 1. The molecule has 8 amide bonds. The first-order chi connectivity index (χ1) is 36.8. The van der Waals surface area contributed by atoms with Gasteiger partial charge in [0.2, 0.25) is 11.8 Å². The fraction of sp³-hybridized carbons (Fsp3) is 0.488. The molecule has 0 saturated carbocycles. The Bertz CT molecular complexity index is 2670. The van der Waals surface area contributed by atoms with Crippen LogP contribution >= 0.6 is 17.5 Å². The third kappa shape index (κ3) is 22.7. The predicted octanol–water partition coefficient (Wildman–Crippen LogP) is -5.81. The Morgan fingerprint density at radius 1 is 0.474 bits per heavy atom. The number of hydrogen-bond acceptors (Lipinski definition) is 11. The molecular formula is C43H59B14N9O10S2. The molecule has 0 bridgehead atoms. The van der Waals surface area contributed by atoms with E-state index in [1.54, 1.807) is 60.7 Å². The Hall–Kier alpha value is -4.89. The van der Waals surface area contributed by atoms with Crippen LogP contribution in [0.25, 0.3) is 0 Å². The van der Waals surface area contributed by atoms with Crippen molar-refractivity contribution >= 4 is 173 Å². The van der Waals surface area contributed by atoms with Crippen LogP contribution in [0.15, 0.2) is 60.7 Å². The van der Waals surface area contributed by atoms with Crippen molar-refractivity contribution in [3.8, 4) is 0 Å². The SMILES string of the molecule is [B]B=S(=B[B])(B([B])[B])C(=O)CNC(=O)C(CC(C)C)NC(=O)C(Cc1ccccc1)NC(=O)CNC(=O)CCC(N)C(=O)NCC(=O)NC(Cc1ccccc1)C(=O)NC(CC(C)C)C(=O)NCC(=O)S(=B[B])(=B[B])B([B])[B]. The van der Waals surface area contributed by atoms with Gasteiger partial charge in [0.25, 0.3) is 0 Å². The molecule has 5 atom stereocenters. The van der Waals surface area contributed by atoms with Gasteiger partial charge in [-0.3, -0.25) is 9.59 Å². The van der Waals surface area contributed by atoms with Crippen LogP contribution in [0.3, 0.4) is 0 Å². The first-order valence-corrected chi connectivity index (χ1v) is 28.5. The molecule has 5 unspecified atom stereocenters. The van der Waals surface area contributed by atoms with Crippen molar-refractivity contribution in [2.75, 3.05) is 26.2 Å². The molecule has 0 spiro atoms. The van der Waals surface area contributed by atoms with Gasteiger partial charge >= 0.3 is 382 Å². The zero-order valence-corrected chi connectivity index (χ0v) is 46.1. The zero-order valence-electron chi connectivity index (χ0n) is 44.4. The first-order valence-electron chi connectivity index (χ1n) is 24.8. The van der Waals surface area contributed by atoms with E-state index in [1.807, 2.05) is 27.7 Å². The van der Waals surface area contributed by atoms with Crippen LogP contribution in [0.4, 0.5) is 0 Å². The molecular weight excluding hydrogens is 1020 g/mol. The molecule has 78 heavy (non-hydrogen) atoms. The molecule has 19 nitrogen and oxygen atoms in total. The van der Waals surface area contributed by atoms with Crippen LogP contribution in [0.2, 0.25) is 0 Å². The molecule has 0 aliphatic heterocycles. The zero-order chi connectivity index (χ0) is 58.8. The maximum absolute atomic E-state index is 13.8. The van der Waals surface area contributed by atoms with E-state index in [0.29, 0.717) is 11.1 Å². The van der Waals surface area contributed by atoms with E-state index in [-0.39, 0.29) is 50.4 Å². The molecule has 16 radical (unpaired) electrons. The molecule has 390 valence electrons. The van der Waals surface area contributed by atoms with Crippen LogP contribution in [-0.4, -0.2) is 212 Å².